The highest BCUT2D eigenvalue weighted by molar-refractivity contribution is 7.92. The van der Waals surface area contributed by atoms with E-state index in [-0.39, 0.29) is 97.9 Å². The molecule has 63 heavy (non-hydrogen) atoms. The van der Waals surface area contributed by atoms with E-state index in [0.717, 1.165) is 17.0 Å². The van der Waals surface area contributed by atoms with Gasteiger partial charge in [-0.1, -0.05) is 29.3 Å². The third kappa shape index (κ3) is 11.8. The number of carbonyl (C=O) groups excluding carboxylic acids is 5. The summed E-state index contributed by atoms with van der Waals surface area (Å²) in [6, 6.07) is 15.7. The SMILES string of the molecule is O=C1CCC(N2C(=O)c3cccc(NCCOCCOCCOCCNC(=O)c4ccc(Oc5cc(Cl)ccc5NS(=O)(=O)c5ccc(Cl)c(C(F)(F)F)c5)cc4)c3C2=O)C(=O)N1. The highest BCUT2D eigenvalue weighted by Gasteiger charge is 2.45. The van der Waals surface area contributed by atoms with Crippen molar-refractivity contribution in [2.45, 2.75) is 30.0 Å². The number of hydrogen-bond acceptors (Lipinski definition) is 12. The average molecular weight is 937 g/mol. The minimum atomic E-state index is -4.88. The van der Waals surface area contributed by atoms with Crippen molar-refractivity contribution in [3.05, 3.63) is 111 Å². The van der Waals surface area contributed by atoms with E-state index in [1.54, 1.807) is 12.1 Å². The smallest absolute Gasteiger partial charge is 0.417 e. The van der Waals surface area contributed by atoms with Gasteiger partial charge in [0.15, 0.2) is 5.75 Å². The summed E-state index contributed by atoms with van der Waals surface area (Å²) in [5.41, 5.74) is -0.403. The molecule has 1 atom stereocenters. The molecule has 1 unspecified atom stereocenters. The topological polar surface area (TPSA) is 208 Å². The van der Waals surface area contributed by atoms with Crippen LogP contribution in [0.5, 0.6) is 11.5 Å². The number of amides is 5. The Bertz CT molecular complexity index is 2490. The zero-order chi connectivity index (χ0) is 45.3. The number of piperidine rings is 1. The van der Waals surface area contributed by atoms with Crippen molar-refractivity contribution < 1.29 is 64.5 Å². The molecule has 16 nitrogen and oxygen atoms in total. The quantitative estimate of drug-likeness (QED) is 0.0604. The lowest BCUT2D eigenvalue weighted by atomic mass is 10.0. The number of carbonyl (C=O) groups is 5. The summed E-state index contributed by atoms with van der Waals surface area (Å²) in [5.74, 6) is -2.61. The second-order valence-electron chi connectivity index (χ2n) is 13.7. The van der Waals surface area contributed by atoms with E-state index >= 15 is 0 Å². The number of benzene rings is 4. The maximum absolute atomic E-state index is 13.4. The van der Waals surface area contributed by atoms with E-state index in [0.29, 0.717) is 18.3 Å². The van der Waals surface area contributed by atoms with Crippen LogP contribution in [0.4, 0.5) is 24.5 Å². The number of halogens is 5. The van der Waals surface area contributed by atoms with E-state index in [1.165, 1.54) is 48.5 Å². The Kier molecular flexibility index (Phi) is 15.3. The van der Waals surface area contributed by atoms with Crippen LogP contribution in [0.3, 0.4) is 0 Å². The maximum atomic E-state index is 13.4. The Morgan fingerprint density at radius 2 is 1.49 bits per heavy atom. The summed E-state index contributed by atoms with van der Waals surface area (Å²) in [4.78, 5) is 63.0. The summed E-state index contributed by atoms with van der Waals surface area (Å²) in [7, 11) is -4.54. The largest absolute Gasteiger partial charge is 0.455 e. The molecule has 2 aliphatic rings. The molecule has 0 bridgehead atoms. The summed E-state index contributed by atoms with van der Waals surface area (Å²) in [6.07, 6.45) is -4.79. The maximum Gasteiger partial charge on any atom is 0.417 e. The van der Waals surface area contributed by atoms with Crippen LogP contribution in [-0.2, 0) is 40.0 Å². The molecule has 4 aromatic rings. The van der Waals surface area contributed by atoms with Gasteiger partial charge < -0.3 is 29.6 Å². The zero-order valence-electron chi connectivity index (χ0n) is 32.9. The lowest BCUT2D eigenvalue weighted by molar-refractivity contribution is -0.138. The summed E-state index contributed by atoms with van der Waals surface area (Å²) < 4.78 is 90.8. The molecular formula is C41H38Cl2F3N5O11S. The van der Waals surface area contributed by atoms with E-state index in [1.807, 2.05) is 0 Å². The average Bonchev–Trinajstić information content (AvgIpc) is 3.49. The number of rotatable bonds is 20. The molecule has 334 valence electrons. The van der Waals surface area contributed by atoms with Crippen LogP contribution in [0.15, 0.2) is 83.8 Å². The lowest BCUT2D eigenvalue weighted by Crippen LogP contribution is -2.54. The van der Waals surface area contributed by atoms with Gasteiger partial charge >= 0.3 is 6.18 Å². The van der Waals surface area contributed by atoms with Crippen molar-refractivity contribution in [3.63, 3.8) is 0 Å². The summed E-state index contributed by atoms with van der Waals surface area (Å²) in [6.45, 7) is 2.03. The van der Waals surface area contributed by atoms with Crippen LogP contribution in [-0.4, -0.2) is 102 Å². The minimum Gasteiger partial charge on any atom is -0.455 e. The highest BCUT2D eigenvalue weighted by Crippen LogP contribution is 2.38. The van der Waals surface area contributed by atoms with Crippen LogP contribution in [0.1, 0.15) is 49.5 Å². The van der Waals surface area contributed by atoms with Crippen LogP contribution < -0.4 is 25.4 Å². The third-order valence-electron chi connectivity index (χ3n) is 9.39. The van der Waals surface area contributed by atoms with Crippen molar-refractivity contribution in [1.29, 1.82) is 0 Å². The minimum absolute atomic E-state index is 0.0278. The number of alkyl halides is 3. The van der Waals surface area contributed by atoms with Crippen LogP contribution in [0, 0.1) is 0 Å². The molecule has 4 aromatic carbocycles. The molecule has 0 aliphatic carbocycles. The number of fused-ring (bicyclic) bond motifs is 1. The van der Waals surface area contributed by atoms with Crippen molar-refractivity contribution in [2.75, 3.05) is 62.8 Å². The van der Waals surface area contributed by atoms with E-state index < -0.39 is 67.3 Å². The molecule has 4 N–H and O–H groups in total. The molecule has 1 saturated heterocycles. The van der Waals surface area contributed by atoms with Crippen molar-refractivity contribution in [1.82, 2.24) is 15.5 Å². The predicted octanol–water partition coefficient (Wildman–Crippen LogP) is 5.90. The predicted molar refractivity (Wildman–Crippen MR) is 222 cm³/mol. The molecule has 0 saturated carbocycles. The molecule has 2 heterocycles. The van der Waals surface area contributed by atoms with Gasteiger partial charge in [-0.15, -0.1) is 0 Å². The van der Waals surface area contributed by atoms with Gasteiger partial charge in [-0.05, 0) is 73.2 Å². The van der Waals surface area contributed by atoms with Crippen molar-refractivity contribution in [2.24, 2.45) is 0 Å². The van der Waals surface area contributed by atoms with Gasteiger partial charge in [-0.3, -0.25) is 38.9 Å². The fraction of sp³-hybridized carbons (Fsp3) is 0.293. The van der Waals surface area contributed by atoms with Crippen LogP contribution in [0.2, 0.25) is 10.0 Å². The molecular weight excluding hydrogens is 898 g/mol. The van der Waals surface area contributed by atoms with Gasteiger partial charge in [-0.2, -0.15) is 13.2 Å². The number of nitrogens with zero attached hydrogens (tertiary/aromatic N) is 1. The van der Waals surface area contributed by atoms with Crippen molar-refractivity contribution >= 4 is 74.1 Å². The van der Waals surface area contributed by atoms with Gasteiger partial charge in [-0.25, -0.2) is 8.42 Å². The Balaban J connectivity index is 0.849. The van der Waals surface area contributed by atoms with Crippen LogP contribution in [0.25, 0.3) is 0 Å². The second-order valence-corrected chi connectivity index (χ2v) is 16.2. The van der Waals surface area contributed by atoms with E-state index in [4.69, 9.17) is 42.1 Å². The molecule has 0 aromatic heterocycles. The zero-order valence-corrected chi connectivity index (χ0v) is 35.2. The van der Waals surface area contributed by atoms with Gasteiger partial charge in [0, 0.05) is 41.9 Å². The Morgan fingerprint density at radius 3 is 2.17 bits per heavy atom. The number of imide groups is 2. The number of ether oxygens (including phenoxy) is 4. The molecule has 22 heteroatoms. The number of hydrogen-bond donors (Lipinski definition) is 4. The Hall–Kier alpha value is -5.77. The molecule has 0 spiro atoms. The van der Waals surface area contributed by atoms with E-state index in [2.05, 4.69) is 20.7 Å². The number of anilines is 2. The van der Waals surface area contributed by atoms with Crippen LogP contribution >= 0.6 is 23.2 Å². The molecule has 0 radical (unpaired) electrons. The summed E-state index contributed by atoms with van der Waals surface area (Å²) >= 11 is 11.7. The van der Waals surface area contributed by atoms with E-state index in [9.17, 15) is 45.6 Å². The first-order valence-corrected chi connectivity index (χ1v) is 21.3. The first-order chi connectivity index (χ1) is 30.0. The first-order valence-electron chi connectivity index (χ1n) is 19.1. The second kappa shape index (κ2) is 20.6. The van der Waals surface area contributed by atoms with Gasteiger partial charge in [0.2, 0.25) is 11.8 Å². The fourth-order valence-electron chi connectivity index (χ4n) is 6.36. The van der Waals surface area contributed by atoms with Gasteiger partial charge in [0.25, 0.3) is 27.7 Å². The van der Waals surface area contributed by atoms with Gasteiger partial charge in [0.05, 0.1) is 71.9 Å². The highest BCUT2D eigenvalue weighted by atomic mass is 35.5. The van der Waals surface area contributed by atoms with Gasteiger partial charge in [0.1, 0.15) is 11.8 Å². The summed E-state index contributed by atoms with van der Waals surface area (Å²) in [5, 5.41) is 7.50. The standard InChI is InChI=1S/C41H38Cl2F3N5O11S/c42-25-6-11-31(50-63(57,58)27-9-10-30(43)29(23-27)41(44,45)46)34(22-25)62-26-7-4-24(5-8-26)37(53)48-15-17-60-19-21-61-20-18-59-16-14-47-32-3-1-2-28-36(32)40(56)51(39(28)55)33-12-13-35(52)49-38(33)54/h1-11,22-23,33,47,50H,12-21H2,(H,48,53)(H,49,52,54). The lowest BCUT2D eigenvalue weighted by Gasteiger charge is -2.27. The molecule has 5 amide bonds. The fourth-order valence-corrected chi connectivity index (χ4v) is 7.84. The Morgan fingerprint density at radius 1 is 0.810 bits per heavy atom. The number of sulfonamides is 1. The monoisotopic (exact) mass is 935 g/mol. The number of nitrogens with one attached hydrogen (secondary N) is 4. The Labute approximate surface area is 368 Å². The molecule has 6 rings (SSSR count). The van der Waals surface area contributed by atoms with Crippen molar-refractivity contribution in [3.8, 4) is 11.5 Å². The third-order valence-corrected chi connectivity index (χ3v) is 11.3. The molecule has 1 fully saturated rings. The first kappa shape index (κ1) is 46.7. The molecule has 2 aliphatic heterocycles. The normalized spacial score (nSPS) is 15.3.